The number of carbonyl (C=O) groups is 2. The van der Waals surface area contributed by atoms with E-state index in [2.05, 4.69) is 10.6 Å². The molecule has 2 aromatic carbocycles. The molecule has 1 unspecified atom stereocenters. The molecule has 2 amide bonds. The molecule has 2 N–H and O–H groups in total. The highest BCUT2D eigenvalue weighted by molar-refractivity contribution is 6.32. The number of hydrogen-bond donors (Lipinski definition) is 2. The Morgan fingerprint density at radius 2 is 1.88 bits per heavy atom. The molecule has 0 heterocycles. The van der Waals surface area contributed by atoms with E-state index in [4.69, 9.17) is 21.1 Å². The van der Waals surface area contributed by atoms with Gasteiger partial charge in [-0.15, -0.1) is 0 Å². The summed E-state index contributed by atoms with van der Waals surface area (Å²) >= 11 is 6.12. The highest BCUT2D eigenvalue weighted by atomic mass is 35.5. The average molecular weight is 377 g/mol. The van der Waals surface area contributed by atoms with Gasteiger partial charge in [-0.3, -0.25) is 4.79 Å². The second-order valence-corrected chi connectivity index (χ2v) is 5.83. The minimum Gasteiger partial charge on any atom is -0.492 e. The SMILES string of the molecule is CCOc1ccc(NC(=O)NC(CC(=O)OC)c2ccccc2)cc1Cl. The number of urea groups is 1. The van der Waals surface area contributed by atoms with Crippen molar-refractivity contribution in [1.29, 1.82) is 0 Å². The van der Waals surface area contributed by atoms with Crippen molar-refractivity contribution in [1.82, 2.24) is 5.32 Å². The number of anilines is 1. The van der Waals surface area contributed by atoms with Crippen molar-refractivity contribution in [3.05, 3.63) is 59.1 Å². The van der Waals surface area contributed by atoms with Crippen molar-refractivity contribution in [2.75, 3.05) is 19.0 Å². The molecule has 0 fully saturated rings. The summed E-state index contributed by atoms with van der Waals surface area (Å²) in [5.41, 5.74) is 1.32. The predicted octanol–water partition coefficient (Wildman–Crippen LogP) is 4.16. The third-order valence-electron chi connectivity index (χ3n) is 3.60. The summed E-state index contributed by atoms with van der Waals surface area (Å²) in [5.74, 6) is 0.135. The molecule has 138 valence electrons. The van der Waals surface area contributed by atoms with Crippen LogP contribution in [0.1, 0.15) is 24.9 Å². The lowest BCUT2D eigenvalue weighted by atomic mass is 10.0. The molecule has 0 spiro atoms. The van der Waals surface area contributed by atoms with Gasteiger partial charge in [0.1, 0.15) is 5.75 Å². The number of benzene rings is 2. The second kappa shape index (κ2) is 9.68. The van der Waals surface area contributed by atoms with E-state index >= 15 is 0 Å². The zero-order chi connectivity index (χ0) is 18.9. The minimum absolute atomic E-state index is 0.0258. The van der Waals surface area contributed by atoms with Gasteiger partial charge < -0.3 is 20.1 Å². The lowest BCUT2D eigenvalue weighted by Gasteiger charge is -2.19. The maximum Gasteiger partial charge on any atom is 0.319 e. The molecule has 0 saturated heterocycles. The largest absolute Gasteiger partial charge is 0.492 e. The fourth-order valence-electron chi connectivity index (χ4n) is 2.36. The van der Waals surface area contributed by atoms with Crippen LogP contribution in [0, 0.1) is 0 Å². The third kappa shape index (κ3) is 5.67. The van der Waals surface area contributed by atoms with Gasteiger partial charge in [0.05, 0.1) is 31.2 Å². The van der Waals surface area contributed by atoms with E-state index in [1.807, 2.05) is 37.3 Å². The van der Waals surface area contributed by atoms with E-state index in [1.54, 1.807) is 18.2 Å². The number of amides is 2. The van der Waals surface area contributed by atoms with E-state index in [9.17, 15) is 9.59 Å². The lowest BCUT2D eigenvalue weighted by molar-refractivity contribution is -0.141. The fourth-order valence-corrected chi connectivity index (χ4v) is 2.60. The highest BCUT2D eigenvalue weighted by Gasteiger charge is 2.19. The summed E-state index contributed by atoms with van der Waals surface area (Å²) in [6.45, 7) is 2.36. The standard InChI is InChI=1S/C19H21ClN2O4/c1-3-26-17-10-9-14(11-15(17)20)21-19(24)22-16(12-18(23)25-2)13-7-5-4-6-8-13/h4-11,16H,3,12H2,1-2H3,(H2,21,22,24). The Balaban J connectivity index is 2.07. The fraction of sp³-hybridized carbons (Fsp3) is 0.263. The molecule has 0 aliphatic rings. The van der Waals surface area contributed by atoms with Crippen LogP contribution in [0.25, 0.3) is 0 Å². The van der Waals surface area contributed by atoms with Crippen molar-refractivity contribution in [2.45, 2.75) is 19.4 Å². The van der Waals surface area contributed by atoms with Crippen molar-refractivity contribution in [3.63, 3.8) is 0 Å². The maximum atomic E-state index is 12.3. The summed E-state index contributed by atoms with van der Waals surface area (Å²) in [6, 6.07) is 13.2. The topological polar surface area (TPSA) is 76.7 Å². The van der Waals surface area contributed by atoms with Gasteiger partial charge in [0.2, 0.25) is 0 Å². The van der Waals surface area contributed by atoms with Crippen molar-refractivity contribution < 1.29 is 19.1 Å². The van der Waals surface area contributed by atoms with Crippen LogP contribution in [-0.2, 0) is 9.53 Å². The van der Waals surface area contributed by atoms with E-state index in [-0.39, 0.29) is 6.42 Å². The summed E-state index contributed by atoms with van der Waals surface area (Å²) < 4.78 is 10.1. The van der Waals surface area contributed by atoms with Gasteiger partial charge in [-0.1, -0.05) is 41.9 Å². The minimum atomic E-state index is -0.512. The third-order valence-corrected chi connectivity index (χ3v) is 3.89. The van der Waals surface area contributed by atoms with Crippen LogP contribution in [0.15, 0.2) is 48.5 Å². The smallest absolute Gasteiger partial charge is 0.319 e. The Bertz CT molecular complexity index is 752. The van der Waals surface area contributed by atoms with Crippen LogP contribution >= 0.6 is 11.6 Å². The number of carbonyl (C=O) groups excluding carboxylic acids is 2. The average Bonchev–Trinajstić information content (AvgIpc) is 2.64. The summed E-state index contributed by atoms with van der Waals surface area (Å²) in [5, 5.41) is 5.88. The molecule has 0 aliphatic carbocycles. The number of hydrogen-bond acceptors (Lipinski definition) is 4. The Kier molecular flexibility index (Phi) is 7.29. The molecule has 0 radical (unpaired) electrons. The summed E-state index contributed by atoms with van der Waals surface area (Å²) in [6.07, 6.45) is 0.0258. The predicted molar refractivity (Wildman–Crippen MR) is 101 cm³/mol. The van der Waals surface area contributed by atoms with E-state index in [0.29, 0.717) is 23.1 Å². The van der Waals surface area contributed by atoms with Crippen molar-refractivity contribution >= 4 is 29.3 Å². The van der Waals surface area contributed by atoms with Gasteiger partial charge >= 0.3 is 12.0 Å². The molecule has 0 bridgehead atoms. The zero-order valence-corrected chi connectivity index (χ0v) is 15.4. The van der Waals surface area contributed by atoms with Crippen LogP contribution in [0.5, 0.6) is 5.75 Å². The monoisotopic (exact) mass is 376 g/mol. The molecular weight excluding hydrogens is 356 g/mol. The maximum absolute atomic E-state index is 12.3. The van der Waals surface area contributed by atoms with Gasteiger partial charge in [0.15, 0.2) is 0 Å². The first-order chi connectivity index (χ1) is 12.5. The molecule has 2 rings (SSSR count). The number of ether oxygens (including phenoxy) is 2. The first kappa shape index (κ1) is 19.6. The van der Waals surface area contributed by atoms with Gasteiger partial charge in [0.25, 0.3) is 0 Å². The van der Waals surface area contributed by atoms with Crippen molar-refractivity contribution in [2.24, 2.45) is 0 Å². The number of nitrogens with one attached hydrogen (secondary N) is 2. The second-order valence-electron chi connectivity index (χ2n) is 5.42. The van der Waals surface area contributed by atoms with Gasteiger partial charge in [-0.25, -0.2) is 4.79 Å². The number of rotatable bonds is 7. The first-order valence-corrected chi connectivity index (χ1v) is 8.53. The highest BCUT2D eigenvalue weighted by Crippen LogP contribution is 2.27. The Hall–Kier alpha value is -2.73. The Morgan fingerprint density at radius 3 is 2.50 bits per heavy atom. The van der Waals surface area contributed by atoms with Crippen molar-refractivity contribution in [3.8, 4) is 5.75 Å². The molecule has 0 aliphatic heterocycles. The molecule has 26 heavy (non-hydrogen) atoms. The molecular formula is C19H21ClN2O4. The quantitative estimate of drug-likeness (QED) is 0.711. The number of esters is 1. The molecule has 0 aromatic heterocycles. The van der Waals surface area contributed by atoms with E-state index < -0.39 is 18.0 Å². The van der Waals surface area contributed by atoms with E-state index in [0.717, 1.165) is 5.56 Å². The Labute approximate surface area is 157 Å². The van der Waals surface area contributed by atoms with E-state index in [1.165, 1.54) is 7.11 Å². The first-order valence-electron chi connectivity index (χ1n) is 8.15. The van der Waals surface area contributed by atoms with Crippen LogP contribution in [0.2, 0.25) is 5.02 Å². The molecule has 7 heteroatoms. The number of halogens is 1. The molecule has 1 atom stereocenters. The van der Waals surface area contributed by atoms with Gasteiger partial charge in [-0.05, 0) is 30.7 Å². The number of methoxy groups -OCH3 is 1. The zero-order valence-electron chi connectivity index (χ0n) is 14.6. The summed E-state index contributed by atoms with van der Waals surface area (Å²) in [7, 11) is 1.31. The van der Waals surface area contributed by atoms with Crippen LogP contribution in [-0.4, -0.2) is 25.7 Å². The lowest BCUT2D eigenvalue weighted by Crippen LogP contribution is -2.34. The Morgan fingerprint density at radius 1 is 1.15 bits per heavy atom. The molecule has 0 saturated carbocycles. The van der Waals surface area contributed by atoms with Crippen LogP contribution < -0.4 is 15.4 Å². The molecule has 6 nitrogen and oxygen atoms in total. The molecule has 2 aromatic rings. The van der Waals surface area contributed by atoms with Gasteiger partial charge in [-0.2, -0.15) is 0 Å². The van der Waals surface area contributed by atoms with Crippen LogP contribution in [0.3, 0.4) is 0 Å². The normalized spacial score (nSPS) is 11.3. The summed E-state index contributed by atoms with van der Waals surface area (Å²) in [4.78, 5) is 24.0. The van der Waals surface area contributed by atoms with Gasteiger partial charge in [0, 0.05) is 5.69 Å². The van der Waals surface area contributed by atoms with Crippen LogP contribution in [0.4, 0.5) is 10.5 Å².